The second kappa shape index (κ2) is 16.8. The Morgan fingerprint density at radius 1 is 1.07 bits per heavy atom. The van der Waals surface area contributed by atoms with Crippen LogP contribution in [0, 0.1) is 0 Å². The van der Waals surface area contributed by atoms with Crippen LogP contribution in [-0.2, 0) is 20.8 Å². The monoisotopic (exact) mass is 519 g/mol. The maximum Gasteiger partial charge on any atom is 0.193 e. The molecule has 0 saturated carbocycles. The fraction of sp³-hybridized carbons (Fsp3) is 0.682. The molecule has 1 aliphatic heterocycles. The van der Waals surface area contributed by atoms with E-state index in [1.807, 2.05) is 25.2 Å². The Balaban J connectivity index is 0.00000420. The summed E-state index contributed by atoms with van der Waals surface area (Å²) >= 11 is 0. The molecule has 1 N–H and O–H groups in total. The molecule has 1 aliphatic rings. The van der Waals surface area contributed by atoms with Gasteiger partial charge in [0, 0.05) is 53.6 Å². The van der Waals surface area contributed by atoms with Gasteiger partial charge in [-0.1, -0.05) is 30.3 Å². The Kier molecular flexibility index (Phi) is 15.2. The maximum absolute atomic E-state index is 5.93. The van der Waals surface area contributed by atoms with Crippen molar-refractivity contribution >= 4 is 29.9 Å². The number of nitrogens with zero attached hydrogens (tertiary/aromatic N) is 2. The van der Waals surface area contributed by atoms with Crippen LogP contribution in [0.2, 0.25) is 0 Å². The van der Waals surface area contributed by atoms with E-state index in [1.54, 1.807) is 7.11 Å². The number of aliphatic imine (C=N–C) groups is 1. The lowest BCUT2D eigenvalue weighted by Crippen LogP contribution is -2.47. The van der Waals surface area contributed by atoms with Crippen molar-refractivity contribution < 1.29 is 14.2 Å². The van der Waals surface area contributed by atoms with Gasteiger partial charge in [-0.3, -0.25) is 4.99 Å². The second-order valence-corrected chi connectivity index (χ2v) is 7.12. The van der Waals surface area contributed by atoms with Gasteiger partial charge in [-0.15, -0.1) is 24.0 Å². The number of hydrogen-bond acceptors (Lipinski definition) is 4. The number of guanidine groups is 1. The summed E-state index contributed by atoms with van der Waals surface area (Å²) in [4.78, 5) is 6.77. The number of halogens is 1. The van der Waals surface area contributed by atoms with Crippen molar-refractivity contribution in [1.82, 2.24) is 10.2 Å². The van der Waals surface area contributed by atoms with Crippen LogP contribution in [0.25, 0.3) is 0 Å². The van der Waals surface area contributed by atoms with Crippen LogP contribution in [-0.4, -0.2) is 70.6 Å². The fourth-order valence-corrected chi connectivity index (χ4v) is 3.31. The molecule has 1 aromatic rings. The van der Waals surface area contributed by atoms with Crippen molar-refractivity contribution in [2.24, 2.45) is 4.99 Å². The molecule has 0 atom stereocenters. The fourth-order valence-electron chi connectivity index (χ4n) is 3.31. The minimum Gasteiger partial charge on any atom is -0.385 e. The van der Waals surface area contributed by atoms with Crippen molar-refractivity contribution in [1.29, 1.82) is 0 Å². The molecule has 6 nitrogen and oxygen atoms in total. The quantitative estimate of drug-likeness (QED) is 0.198. The van der Waals surface area contributed by atoms with E-state index >= 15 is 0 Å². The first-order chi connectivity index (χ1) is 13.8. The van der Waals surface area contributed by atoms with Crippen LogP contribution in [0.15, 0.2) is 35.3 Å². The third-order valence-corrected chi connectivity index (χ3v) is 4.91. The van der Waals surface area contributed by atoms with Crippen LogP contribution in [0.4, 0.5) is 0 Å². The van der Waals surface area contributed by atoms with E-state index in [0.29, 0.717) is 12.7 Å². The second-order valence-electron chi connectivity index (χ2n) is 7.12. The standard InChI is InChI=1S/C22H37N3O3.HI/c1-23-22(25-14-11-21(12-15-25)28-18-8-16-26-2)24-13-6-7-17-27-19-20-9-4-3-5-10-20;/h3-5,9-10,21H,6-8,11-19H2,1-2H3,(H,23,24);1H. The highest BCUT2D eigenvalue weighted by molar-refractivity contribution is 14.0. The maximum atomic E-state index is 5.93. The summed E-state index contributed by atoms with van der Waals surface area (Å²) in [5.74, 6) is 1.00. The number of benzene rings is 1. The largest absolute Gasteiger partial charge is 0.385 e. The number of hydrogen-bond donors (Lipinski definition) is 1. The Morgan fingerprint density at radius 3 is 2.52 bits per heavy atom. The molecule has 1 aromatic carbocycles. The zero-order valence-electron chi connectivity index (χ0n) is 18.0. The minimum atomic E-state index is 0. The predicted molar refractivity (Wildman–Crippen MR) is 129 cm³/mol. The molecular weight excluding hydrogens is 481 g/mol. The Hall–Kier alpha value is -0.900. The lowest BCUT2D eigenvalue weighted by atomic mass is 10.1. The minimum absolute atomic E-state index is 0. The van der Waals surface area contributed by atoms with Crippen LogP contribution >= 0.6 is 24.0 Å². The van der Waals surface area contributed by atoms with Gasteiger partial charge < -0.3 is 24.4 Å². The molecule has 29 heavy (non-hydrogen) atoms. The first-order valence-corrected chi connectivity index (χ1v) is 10.5. The Labute approximate surface area is 193 Å². The average Bonchev–Trinajstić information content (AvgIpc) is 2.75. The number of likely N-dealkylation sites (tertiary alicyclic amines) is 1. The van der Waals surface area contributed by atoms with E-state index in [4.69, 9.17) is 14.2 Å². The molecule has 0 spiro atoms. The molecule has 0 unspecified atom stereocenters. The van der Waals surface area contributed by atoms with Crippen molar-refractivity contribution in [3.63, 3.8) is 0 Å². The average molecular weight is 519 g/mol. The van der Waals surface area contributed by atoms with Crippen molar-refractivity contribution in [3.8, 4) is 0 Å². The van der Waals surface area contributed by atoms with Gasteiger partial charge >= 0.3 is 0 Å². The molecule has 0 aliphatic carbocycles. The number of methoxy groups -OCH3 is 1. The first-order valence-electron chi connectivity index (χ1n) is 10.5. The van der Waals surface area contributed by atoms with Crippen LogP contribution in [0.1, 0.15) is 37.7 Å². The normalized spacial score (nSPS) is 15.2. The molecule has 0 aromatic heterocycles. The highest BCUT2D eigenvalue weighted by Gasteiger charge is 2.21. The van der Waals surface area contributed by atoms with Gasteiger partial charge in [0.2, 0.25) is 0 Å². The van der Waals surface area contributed by atoms with E-state index in [0.717, 1.165) is 77.5 Å². The lowest BCUT2D eigenvalue weighted by Gasteiger charge is -2.34. The molecular formula is C22H38IN3O3. The topological polar surface area (TPSA) is 55.3 Å². The summed E-state index contributed by atoms with van der Waals surface area (Å²) in [6.45, 7) is 5.96. The molecule has 0 amide bonds. The number of ether oxygens (including phenoxy) is 3. The number of rotatable bonds is 12. The van der Waals surface area contributed by atoms with Gasteiger partial charge in [0.25, 0.3) is 0 Å². The number of piperidine rings is 1. The molecule has 1 heterocycles. The molecule has 2 rings (SSSR count). The number of unbranched alkanes of at least 4 members (excludes halogenated alkanes) is 1. The summed E-state index contributed by atoms with van der Waals surface area (Å²) in [6, 6.07) is 10.3. The molecule has 1 fully saturated rings. The van der Waals surface area contributed by atoms with Gasteiger partial charge in [0.1, 0.15) is 0 Å². The summed E-state index contributed by atoms with van der Waals surface area (Å²) in [6.07, 6.45) is 5.57. The van der Waals surface area contributed by atoms with E-state index in [9.17, 15) is 0 Å². The summed E-state index contributed by atoms with van der Waals surface area (Å²) in [5.41, 5.74) is 1.23. The van der Waals surface area contributed by atoms with Crippen molar-refractivity contribution in [2.75, 3.05) is 53.6 Å². The van der Waals surface area contributed by atoms with Crippen molar-refractivity contribution in [2.45, 2.75) is 44.8 Å². The highest BCUT2D eigenvalue weighted by Crippen LogP contribution is 2.14. The van der Waals surface area contributed by atoms with Crippen LogP contribution < -0.4 is 5.32 Å². The molecule has 0 bridgehead atoms. The predicted octanol–water partition coefficient (Wildman–Crippen LogP) is 3.69. The van der Waals surface area contributed by atoms with Crippen LogP contribution in [0.5, 0.6) is 0 Å². The molecule has 0 radical (unpaired) electrons. The van der Waals surface area contributed by atoms with Gasteiger partial charge in [-0.05, 0) is 37.7 Å². The van der Waals surface area contributed by atoms with E-state index in [1.165, 1.54) is 5.56 Å². The Morgan fingerprint density at radius 2 is 1.83 bits per heavy atom. The summed E-state index contributed by atoms with van der Waals surface area (Å²) in [5, 5.41) is 3.49. The van der Waals surface area contributed by atoms with Gasteiger partial charge in [-0.2, -0.15) is 0 Å². The SMILES string of the molecule is CN=C(NCCCCOCc1ccccc1)N1CCC(OCCCOC)CC1.I. The smallest absolute Gasteiger partial charge is 0.193 e. The highest BCUT2D eigenvalue weighted by atomic mass is 127. The van der Waals surface area contributed by atoms with Crippen molar-refractivity contribution in [3.05, 3.63) is 35.9 Å². The third kappa shape index (κ3) is 11.2. The van der Waals surface area contributed by atoms with Crippen LogP contribution in [0.3, 0.4) is 0 Å². The van der Waals surface area contributed by atoms with E-state index in [-0.39, 0.29) is 24.0 Å². The summed E-state index contributed by atoms with van der Waals surface area (Å²) < 4.78 is 16.7. The van der Waals surface area contributed by atoms with Gasteiger partial charge in [0.05, 0.1) is 12.7 Å². The van der Waals surface area contributed by atoms with E-state index < -0.39 is 0 Å². The molecule has 166 valence electrons. The zero-order chi connectivity index (χ0) is 19.9. The Bertz CT molecular complexity index is 537. The molecule has 1 saturated heterocycles. The zero-order valence-corrected chi connectivity index (χ0v) is 20.3. The van der Waals surface area contributed by atoms with Gasteiger partial charge in [-0.25, -0.2) is 0 Å². The third-order valence-electron chi connectivity index (χ3n) is 4.91. The van der Waals surface area contributed by atoms with Gasteiger partial charge in [0.15, 0.2) is 5.96 Å². The first kappa shape index (κ1) is 26.1. The lowest BCUT2D eigenvalue weighted by molar-refractivity contribution is 0.00990. The van der Waals surface area contributed by atoms with E-state index in [2.05, 4.69) is 27.3 Å². The molecule has 7 heteroatoms. The number of nitrogens with one attached hydrogen (secondary N) is 1. The summed E-state index contributed by atoms with van der Waals surface area (Å²) in [7, 11) is 3.59.